The Morgan fingerprint density at radius 1 is 1.05 bits per heavy atom. The highest BCUT2D eigenvalue weighted by Crippen LogP contribution is 2.41. The van der Waals surface area contributed by atoms with Crippen LogP contribution in [-0.2, 0) is 11.8 Å². The number of allylic oxidation sites excluding steroid dienone is 1. The average molecular weight is 572 g/mol. The average Bonchev–Trinajstić information content (AvgIpc) is 2.96. The van der Waals surface area contributed by atoms with Gasteiger partial charge in [-0.05, 0) is 80.9 Å². The lowest BCUT2D eigenvalue weighted by atomic mass is 9.74. The van der Waals surface area contributed by atoms with Crippen LogP contribution in [0.2, 0.25) is 0 Å². The molecule has 0 aliphatic heterocycles. The quantitative estimate of drug-likeness (QED) is 0.387. The van der Waals surface area contributed by atoms with Gasteiger partial charge in [0.05, 0.1) is 17.1 Å². The van der Waals surface area contributed by atoms with Crippen molar-refractivity contribution >= 4 is 22.9 Å². The second kappa shape index (κ2) is 12.7. The van der Waals surface area contributed by atoms with Crippen LogP contribution in [-0.4, -0.2) is 27.7 Å². The second-order valence-electron chi connectivity index (χ2n) is 13.0. The number of hydrogen-bond acceptors (Lipinski definition) is 3. The molecule has 5 unspecified atom stereocenters. The van der Waals surface area contributed by atoms with Gasteiger partial charge in [-0.1, -0.05) is 51.5 Å². The van der Waals surface area contributed by atoms with Crippen LogP contribution in [0, 0.1) is 23.7 Å². The Morgan fingerprint density at radius 2 is 1.83 bits per heavy atom. The number of halogens is 3. The standard InChI is InChI=1S/C33H44F3N3O2/c1-21-14-15-27(38-31(40)23-11-7-12-25(16-23)33(34,35)36)18-28(21)29-17-24-20-37-26(19-30(24)39(2)32(29)41)13-6-10-22-8-4-3-5-9-22/h6,13,17,19-23,25,27-28H,3-5,7-12,14-16,18H2,1-2H3,(H,38,40)/b13-6-. The fraction of sp³-hybridized carbons (Fsp3) is 0.667. The number of carbonyl (C=O) groups excluding carboxylic acids is 1. The summed E-state index contributed by atoms with van der Waals surface area (Å²) in [6.07, 6.45) is 12.7. The summed E-state index contributed by atoms with van der Waals surface area (Å²) in [7, 11) is 1.80. The molecule has 0 saturated heterocycles. The molecule has 41 heavy (non-hydrogen) atoms. The summed E-state index contributed by atoms with van der Waals surface area (Å²) in [6.45, 7) is 2.14. The van der Waals surface area contributed by atoms with Gasteiger partial charge in [-0.15, -0.1) is 0 Å². The van der Waals surface area contributed by atoms with Crippen molar-refractivity contribution in [2.24, 2.45) is 30.7 Å². The minimum Gasteiger partial charge on any atom is -0.353 e. The van der Waals surface area contributed by atoms with Gasteiger partial charge in [-0.3, -0.25) is 14.6 Å². The number of amides is 1. The first-order valence-corrected chi connectivity index (χ1v) is 15.6. The van der Waals surface area contributed by atoms with Gasteiger partial charge in [0.15, 0.2) is 0 Å². The van der Waals surface area contributed by atoms with Crippen LogP contribution in [0.5, 0.6) is 0 Å². The maximum Gasteiger partial charge on any atom is 0.391 e. The van der Waals surface area contributed by atoms with Crippen LogP contribution < -0.4 is 10.9 Å². The molecule has 1 amide bonds. The number of nitrogens with one attached hydrogen (secondary N) is 1. The lowest BCUT2D eigenvalue weighted by molar-refractivity contribution is -0.186. The molecule has 2 aromatic heterocycles. The number of rotatable bonds is 6. The van der Waals surface area contributed by atoms with Gasteiger partial charge in [0, 0.05) is 36.2 Å². The first-order valence-electron chi connectivity index (χ1n) is 15.6. The van der Waals surface area contributed by atoms with Crippen molar-refractivity contribution in [1.82, 2.24) is 14.9 Å². The molecular weight excluding hydrogens is 527 g/mol. The molecule has 0 radical (unpaired) electrons. The first-order chi connectivity index (χ1) is 19.6. The smallest absolute Gasteiger partial charge is 0.353 e. The molecule has 3 saturated carbocycles. The second-order valence-corrected chi connectivity index (χ2v) is 13.0. The summed E-state index contributed by atoms with van der Waals surface area (Å²) in [5.74, 6) is -1.28. The molecule has 2 heterocycles. The number of pyridine rings is 2. The summed E-state index contributed by atoms with van der Waals surface area (Å²) in [4.78, 5) is 31.3. The topological polar surface area (TPSA) is 64.0 Å². The summed E-state index contributed by atoms with van der Waals surface area (Å²) < 4.78 is 41.5. The van der Waals surface area contributed by atoms with Crippen molar-refractivity contribution in [3.8, 4) is 0 Å². The summed E-state index contributed by atoms with van der Waals surface area (Å²) >= 11 is 0. The molecule has 0 aromatic carbocycles. The third kappa shape index (κ3) is 7.06. The van der Waals surface area contributed by atoms with Gasteiger partial charge in [-0.25, -0.2) is 0 Å². The van der Waals surface area contributed by atoms with Crippen molar-refractivity contribution < 1.29 is 18.0 Å². The molecule has 3 aliphatic rings. The molecule has 2 aromatic rings. The number of aryl methyl sites for hydroxylation is 1. The van der Waals surface area contributed by atoms with E-state index in [4.69, 9.17) is 0 Å². The summed E-state index contributed by atoms with van der Waals surface area (Å²) in [5, 5.41) is 3.98. The van der Waals surface area contributed by atoms with Gasteiger partial charge >= 0.3 is 6.18 Å². The highest BCUT2D eigenvalue weighted by Gasteiger charge is 2.44. The fourth-order valence-electron chi connectivity index (χ4n) is 7.50. The molecule has 0 bridgehead atoms. The zero-order valence-electron chi connectivity index (χ0n) is 24.4. The molecule has 3 aliphatic carbocycles. The minimum atomic E-state index is -4.25. The van der Waals surface area contributed by atoms with Gasteiger partial charge in [0.2, 0.25) is 5.91 Å². The van der Waals surface area contributed by atoms with E-state index in [9.17, 15) is 22.8 Å². The largest absolute Gasteiger partial charge is 0.391 e. The number of alkyl halides is 3. The Bertz CT molecular complexity index is 1310. The van der Waals surface area contributed by atoms with E-state index >= 15 is 0 Å². The molecule has 5 rings (SSSR count). The van der Waals surface area contributed by atoms with Gasteiger partial charge in [-0.2, -0.15) is 13.2 Å². The Labute approximate surface area is 241 Å². The number of nitrogens with zero attached hydrogens (tertiary/aromatic N) is 2. The minimum absolute atomic E-state index is 0.0371. The lowest BCUT2D eigenvalue weighted by Gasteiger charge is -2.36. The molecule has 3 fully saturated rings. The van der Waals surface area contributed by atoms with Crippen molar-refractivity contribution in [1.29, 1.82) is 0 Å². The molecule has 5 atom stereocenters. The lowest BCUT2D eigenvalue weighted by Crippen LogP contribution is -2.45. The Kier molecular flexibility index (Phi) is 9.24. The highest BCUT2D eigenvalue weighted by atomic mass is 19.4. The van der Waals surface area contributed by atoms with Crippen LogP contribution in [0.3, 0.4) is 0 Å². The third-order valence-corrected chi connectivity index (χ3v) is 10.1. The molecule has 5 nitrogen and oxygen atoms in total. The van der Waals surface area contributed by atoms with E-state index in [0.29, 0.717) is 19.3 Å². The van der Waals surface area contributed by atoms with E-state index in [2.05, 4.69) is 29.4 Å². The molecule has 224 valence electrons. The number of carbonyl (C=O) groups is 1. The van der Waals surface area contributed by atoms with Crippen LogP contribution in [0.15, 0.2) is 29.2 Å². The van der Waals surface area contributed by atoms with Gasteiger partial charge < -0.3 is 9.88 Å². The molecule has 0 spiro atoms. The Morgan fingerprint density at radius 3 is 2.59 bits per heavy atom. The highest BCUT2D eigenvalue weighted by molar-refractivity contribution is 5.81. The maximum absolute atomic E-state index is 13.6. The SMILES string of the molecule is CC1CCC(NC(=O)C2CCCC(C(F)(F)F)C2)CC1c1cc2cnc(/C=C\CC3CCCCC3)cc2n(C)c1=O. The van der Waals surface area contributed by atoms with Gasteiger partial charge in [0.1, 0.15) is 0 Å². The number of hydrogen-bond donors (Lipinski definition) is 1. The van der Waals surface area contributed by atoms with E-state index in [0.717, 1.165) is 47.3 Å². The maximum atomic E-state index is 13.6. The predicted octanol–water partition coefficient (Wildman–Crippen LogP) is 7.67. The molecule has 1 N–H and O–H groups in total. The summed E-state index contributed by atoms with van der Waals surface area (Å²) in [5.41, 5.74) is 2.38. The van der Waals surface area contributed by atoms with E-state index in [1.807, 2.05) is 18.3 Å². The van der Waals surface area contributed by atoms with Crippen molar-refractivity contribution in [3.63, 3.8) is 0 Å². The fourth-order valence-corrected chi connectivity index (χ4v) is 7.50. The first kappa shape index (κ1) is 29.8. The Balaban J connectivity index is 1.28. The Hall–Kier alpha value is -2.64. The third-order valence-electron chi connectivity index (χ3n) is 10.1. The monoisotopic (exact) mass is 571 g/mol. The van der Waals surface area contributed by atoms with E-state index in [1.165, 1.54) is 32.1 Å². The van der Waals surface area contributed by atoms with Crippen molar-refractivity contribution in [2.75, 3.05) is 0 Å². The van der Waals surface area contributed by atoms with E-state index in [-0.39, 0.29) is 42.2 Å². The zero-order chi connectivity index (χ0) is 29.1. The molecule has 8 heteroatoms. The van der Waals surface area contributed by atoms with Crippen LogP contribution in [0.25, 0.3) is 17.0 Å². The van der Waals surface area contributed by atoms with Gasteiger partial charge in [0.25, 0.3) is 5.56 Å². The van der Waals surface area contributed by atoms with Crippen molar-refractivity contribution in [2.45, 2.75) is 109 Å². The normalized spacial score (nSPS) is 28.3. The summed E-state index contributed by atoms with van der Waals surface area (Å²) in [6, 6.07) is 3.79. The van der Waals surface area contributed by atoms with Crippen LogP contribution >= 0.6 is 0 Å². The van der Waals surface area contributed by atoms with E-state index < -0.39 is 18.0 Å². The van der Waals surface area contributed by atoms with Crippen LogP contribution in [0.4, 0.5) is 13.2 Å². The van der Waals surface area contributed by atoms with E-state index in [1.54, 1.807) is 11.6 Å². The number of fused-ring (bicyclic) bond motifs is 1. The van der Waals surface area contributed by atoms with Crippen molar-refractivity contribution in [3.05, 3.63) is 46.0 Å². The van der Waals surface area contributed by atoms with Crippen LogP contribution in [0.1, 0.15) is 108 Å². The predicted molar refractivity (Wildman–Crippen MR) is 156 cm³/mol. The number of aromatic nitrogens is 2. The zero-order valence-corrected chi connectivity index (χ0v) is 24.4. The molecular formula is C33H44F3N3O2.